The lowest BCUT2D eigenvalue weighted by molar-refractivity contribution is 0.189. The number of benzene rings is 2. The molecule has 0 spiro atoms. The third-order valence-electron chi connectivity index (χ3n) is 4.55. The van der Waals surface area contributed by atoms with Gasteiger partial charge in [0, 0.05) is 5.39 Å². The van der Waals surface area contributed by atoms with E-state index in [-0.39, 0.29) is 0 Å². The van der Waals surface area contributed by atoms with Crippen molar-refractivity contribution in [1.82, 2.24) is 0 Å². The molecule has 0 amide bonds. The molecule has 4 rings (SSSR count). The van der Waals surface area contributed by atoms with E-state index in [4.69, 9.17) is 4.42 Å². The zero-order valence-electron chi connectivity index (χ0n) is 11.8. The second kappa shape index (κ2) is 5.05. The van der Waals surface area contributed by atoms with Gasteiger partial charge in [-0.15, -0.1) is 0 Å². The minimum atomic E-state index is -0.686. The van der Waals surface area contributed by atoms with Crippen molar-refractivity contribution in [3.05, 3.63) is 71.5 Å². The van der Waals surface area contributed by atoms with Gasteiger partial charge in [0.15, 0.2) is 0 Å². The standard InChI is InChI=1S/C19H18O2/c20-19(18-12-14-6-1-4-11-17(14)21-18)16-10-3-2-9-15(16)13-7-5-8-13/h1-4,6,9-13,19-20H,5,7-8H2. The number of rotatable bonds is 3. The van der Waals surface area contributed by atoms with Gasteiger partial charge in [-0.2, -0.15) is 0 Å². The summed E-state index contributed by atoms with van der Waals surface area (Å²) in [5.74, 6) is 1.23. The van der Waals surface area contributed by atoms with Gasteiger partial charge in [-0.25, -0.2) is 0 Å². The van der Waals surface area contributed by atoms with Crippen LogP contribution in [-0.2, 0) is 0 Å². The maximum Gasteiger partial charge on any atom is 0.138 e. The summed E-state index contributed by atoms with van der Waals surface area (Å²) in [6.07, 6.45) is 3.06. The molecule has 106 valence electrons. The van der Waals surface area contributed by atoms with Crippen LogP contribution in [0.15, 0.2) is 59.0 Å². The molecule has 21 heavy (non-hydrogen) atoms. The van der Waals surface area contributed by atoms with Crippen LogP contribution in [0.25, 0.3) is 11.0 Å². The highest BCUT2D eigenvalue weighted by atomic mass is 16.4. The summed E-state index contributed by atoms with van der Waals surface area (Å²) in [7, 11) is 0. The van der Waals surface area contributed by atoms with Crippen molar-refractivity contribution < 1.29 is 9.52 Å². The van der Waals surface area contributed by atoms with Gasteiger partial charge in [-0.3, -0.25) is 0 Å². The van der Waals surface area contributed by atoms with Crippen LogP contribution < -0.4 is 0 Å². The third-order valence-corrected chi connectivity index (χ3v) is 4.55. The molecule has 2 aromatic carbocycles. The predicted molar refractivity (Wildman–Crippen MR) is 83.3 cm³/mol. The molecule has 1 saturated carbocycles. The van der Waals surface area contributed by atoms with Crippen LogP contribution in [0.1, 0.15) is 48.2 Å². The van der Waals surface area contributed by atoms with Gasteiger partial charge in [0.2, 0.25) is 0 Å². The molecular formula is C19H18O2. The molecule has 0 aliphatic heterocycles. The molecule has 1 fully saturated rings. The predicted octanol–water partition coefficient (Wildman–Crippen LogP) is 4.78. The van der Waals surface area contributed by atoms with Crippen molar-refractivity contribution >= 4 is 11.0 Å². The van der Waals surface area contributed by atoms with E-state index in [1.54, 1.807) is 0 Å². The Morgan fingerprint density at radius 1 is 1.00 bits per heavy atom. The van der Waals surface area contributed by atoms with Crippen molar-refractivity contribution in [3.8, 4) is 0 Å². The zero-order valence-corrected chi connectivity index (χ0v) is 11.8. The van der Waals surface area contributed by atoms with Crippen LogP contribution in [-0.4, -0.2) is 5.11 Å². The van der Waals surface area contributed by atoms with E-state index >= 15 is 0 Å². The number of aliphatic hydroxyl groups is 1. The van der Waals surface area contributed by atoms with E-state index in [1.807, 2.05) is 42.5 Å². The van der Waals surface area contributed by atoms with E-state index < -0.39 is 6.10 Å². The Morgan fingerprint density at radius 2 is 1.76 bits per heavy atom. The number of hydrogen-bond donors (Lipinski definition) is 1. The minimum absolute atomic E-state index is 0.597. The summed E-state index contributed by atoms with van der Waals surface area (Å²) in [5.41, 5.74) is 3.09. The maximum atomic E-state index is 10.7. The molecular weight excluding hydrogens is 260 g/mol. The first-order chi connectivity index (χ1) is 10.3. The van der Waals surface area contributed by atoms with Crippen LogP contribution in [0.4, 0.5) is 0 Å². The largest absolute Gasteiger partial charge is 0.458 e. The van der Waals surface area contributed by atoms with Gasteiger partial charge in [-0.05, 0) is 42.0 Å². The molecule has 0 saturated heterocycles. The number of para-hydroxylation sites is 1. The van der Waals surface area contributed by atoms with Gasteiger partial charge >= 0.3 is 0 Å². The van der Waals surface area contributed by atoms with Crippen LogP contribution in [0.2, 0.25) is 0 Å². The number of furan rings is 1. The van der Waals surface area contributed by atoms with Gasteiger partial charge in [0.05, 0.1) is 0 Å². The Balaban J connectivity index is 1.75. The average Bonchev–Trinajstić information content (AvgIpc) is 2.89. The summed E-state index contributed by atoms with van der Waals surface area (Å²) in [6, 6.07) is 18.0. The summed E-state index contributed by atoms with van der Waals surface area (Å²) in [5, 5.41) is 11.8. The fourth-order valence-corrected chi connectivity index (χ4v) is 3.14. The van der Waals surface area contributed by atoms with Crippen molar-refractivity contribution in [3.63, 3.8) is 0 Å². The minimum Gasteiger partial charge on any atom is -0.458 e. The summed E-state index contributed by atoms with van der Waals surface area (Å²) in [4.78, 5) is 0. The van der Waals surface area contributed by atoms with E-state index in [2.05, 4.69) is 12.1 Å². The Kier molecular flexibility index (Phi) is 3.04. The van der Waals surface area contributed by atoms with Gasteiger partial charge in [-0.1, -0.05) is 48.9 Å². The Morgan fingerprint density at radius 3 is 2.52 bits per heavy atom. The molecule has 1 aliphatic rings. The van der Waals surface area contributed by atoms with Crippen LogP contribution >= 0.6 is 0 Å². The topological polar surface area (TPSA) is 33.4 Å². The lowest BCUT2D eigenvalue weighted by Gasteiger charge is -2.28. The summed E-state index contributed by atoms with van der Waals surface area (Å²) < 4.78 is 5.82. The summed E-state index contributed by atoms with van der Waals surface area (Å²) >= 11 is 0. The Bertz CT molecular complexity index is 735. The average molecular weight is 278 g/mol. The van der Waals surface area contributed by atoms with Crippen molar-refractivity contribution in [1.29, 1.82) is 0 Å². The molecule has 0 radical (unpaired) electrons. The second-order valence-corrected chi connectivity index (χ2v) is 5.85. The molecule has 1 N–H and O–H groups in total. The number of fused-ring (bicyclic) bond motifs is 1. The molecule has 0 bridgehead atoms. The number of hydrogen-bond acceptors (Lipinski definition) is 2. The zero-order chi connectivity index (χ0) is 14.2. The maximum absolute atomic E-state index is 10.7. The lowest BCUT2D eigenvalue weighted by Crippen LogP contribution is -2.13. The third kappa shape index (κ3) is 2.16. The van der Waals surface area contributed by atoms with Crippen LogP contribution in [0.5, 0.6) is 0 Å². The smallest absolute Gasteiger partial charge is 0.138 e. The molecule has 3 aromatic rings. The molecule has 1 heterocycles. The molecule has 1 unspecified atom stereocenters. The normalized spacial score (nSPS) is 16.8. The quantitative estimate of drug-likeness (QED) is 0.747. The highest BCUT2D eigenvalue weighted by Crippen LogP contribution is 2.41. The lowest BCUT2D eigenvalue weighted by atomic mass is 9.77. The van der Waals surface area contributed by atoms with Crippen LogP contribution in [0, 0.1) is 0 Å². The van der Waals surface area contributed by atoms with Gasteiger partial charge < -0.3 is 9.52 Å². The molecule has 1 aliphatic carbocycles. The monoisotopic (exact) mass is 278 g/mol. The Hall–Kier alpha value is -2.06. The first-order valence-electron chi connectivity index (χ1n) is 7.58. The number of aliphatic hydroxyl groups excluding tert-OH is 1. The highest BCUT2D eigenvalue weighted by Gasteiger charge is 2.26. The van der Waals surface area contributed by atoms with Crippen molar-refractivity contribution in [2.45, 2.75) is 31.3 Å². The molecule has 1 aromatic heterocycles. The van der Waals surface area contributed by atoms with Crippen molar-refractivity contribution in [2.24, 2.45) is 0 Å². The fraction of sp³-hybridized carbons (Fsp3) is 0.263. The molecule has 2 heteroatoms. The molecule has 1 atom stereocenters. The first-order valence-corrected chi connectivity index (χ1v) is 7.58. The van der Waals surface area contributed by atoms with E-state index in [0.717, 1.165) is 16.5 Å². The highest BCUT2D eigenvalue weighted by molar-refractivity contribution is 5.77. The fourth-order valence-electron chi connectivity index (χ4n) is 3.14. The van der Waals surface area contributed by atoms with Crippen LogP contribution in [0.3, 0.4) is 0 Å². The van der Waals surface area contributed by atoms with E-state index in [0.29, 0.717) is 11.7 Å². The van der Waals surface area contributed by atoms with Crippen molar-refractivity contribution in [2.75, 3.05) is 0 Å². The molecule has 2 nitrogen and oxygen atoms in total. The van der Waals surface area contributed by atoms with E-state index in [1.165, 1.54) is 24.8 Å². The second-order valence-electron chi connectivity index (χ2n) is 5.85. The Labute approximate surface area is 124 Å². The SMILES string of the molecule is OC(c1cc2ccccc2o1)c1ccccc1C1CCC1. The van der Waals surface area contributed by atoms with E-state index in [9.17, 15) is 5.11 Å². The van der Waals surface area contributed by atoms with Gasteiger partial charge in [0.25, 0.3) is 0 Å². The summed E-state index contributed by atoms with van der Waals surface area (Å²) in [6.45, 7) is 0. The van der Waals surface area contributed by atoms with Gasteiger partial charge in [0.1, 0.15) is 17.4 Å². The first kappa shape index (κ1) is 12.7.